The number of hydrogen-bond donors (Lipinski definition) is 0. The predicted octanol–water partition coefficient (Wildman–Crippen LogP) is 6.75. The van der Waals surface area contributed by atoms with Crippen molar-refractivity contribution >= 4 is 22.3 Å². The summed E-state index contributed by atoms with van der Waals surface area (Å²) >= 11 is 0. The molecule has 0 radical (unpaired) electrons. The molecular weight excluding hydrogens is 444 g/mol. The Hall–Kier alpha value is -3.24. The van der Waals surface area contributed by atoms with Gasteiger partial charge in [0.1, 0.15) is 0 Å². The Kier molecular flexibility index (Phi) is 7.06. The quantitative estimate of drug-likeness (QED) is 0.237. The number of hydrogen-bond acceptors (Lipinski definition) is 3. The minimum absolute atomic E-state index is 0.0127. The number of nitrogens with zero attached hydrogens (tertiary/aromatic N) is 2. The number of fused-ring (bicyclic) bond motifs is 2. The highest BCUT2D eigenvalue weighted by atomic mass is 16.1. The largest absolute Gasteiger partial charge is 0.316 e. The van der Waals surface area contributed by atoms with Crippen molar-refractivity contribution in [2.75, 3.05) is 26.8 Å². The van der Waals surface area contributed by atoms with Crippen molar-refractivity contribution in [3.05, 3.63) is 94.8 Å². The van der Waals surface area contributed by atoms with E-state index in [4.69, 9.17) is 0 Å². The normalized spacial score (nSPS) is 19.2. The van der Waals surface area contributed by atoms with Crippen LogP contribution in [-0.4, -0.2) is 47.8 Å². The van der Waals surface area contributed by atoms with Crippen molar-refractivity contribution < 1.29 is 14.1 Å². The Balaban J connectivity index is 1.40. The molecule has 0 amide bonds. The molecule has 1 unspecified atom stereocenters. The molecule has 3 aromatic carbocycles. The van der Waals surface area contributed by atoms with Gasteiger partial charge < -0.3 is 4.90 Å². The average Bonchev–Trinajstić information content (AvgIpc) is 3.20. The molecule has 1 aliphatic heterocycles. The molecule has 186 valence electrons. The Morgan fingerprint density at radius 3 is 2.22 bits per heavy atom. The molecular formula is C32H37N2O2+. The Bertz CT molecular complexity index is 1320. The number of allylic oxidation sites excluding steroid dienone is 2. The highest BCUT2D eigenvalue weighted by Gasteiger charge is 2.51. The van der Waals surface area contributed by atoms with Gasteiger partial charge >= 0.3 is 0 Å². The van der Waals surface area contributed by atoms with E-state index in [1.807, 2.05) is 18.2 Å². The molecule has 0 aromatic heterocycles. The Morgan fingerprint density at radius 2 is 1.44 bits per heavy atom. The first-order valence-electron chi connectivity index (χ1n) is 13.5. The second kappa shape index (κ2) is 10.4. The van der Waals surface area contributed by atoms with Crippen molar-refractivity contribution in [3.8, 4) is 0 Å². The molecule has 1 aliphatic carbocycles. The summed E-state index contributed by atoms with van der Waals surface area (Å²) in [5, 5.41) is 2.48. The number of ketones is 2. The first-order valence-corrected chi connectivity index (χ1v) is 13.5. The number of quaternary nitrogens is 1. The fourth-order valence-electron chi connectivity index (χ4n) is 5.88. The van der Waals surface area contributed by atoms with Gasteiger partial charge in [0.15, 0.2) is 12.4 Å². The van der Waals surface area contributed by atoms with Gasteiger partial charge in [-0.3, -0.25) is 14.1 Å². The highest BCUT2D eigenvalue weighted by molar-refractivity contribution is 6.26. The summed E-state index contributed by atoms with van der Waals surface area (Å²) in [4.78, 5) is 29.7. The van der Waals surface area contributed by atoms with E-state index in [0.29, 0.717) is 33.7 Å². The lowest BCUT2D eigenvalue weighted by Gasteiger charge is -2.32. The van der Waals surface area contributed by atoms with Crippen LogP contribution in [0.15, 0.2) is 78.1 Å². The maximum absolute atomic E-state index is 13.8. The number of carbonyl (C=O) groups excluding carboxylic acids is 2. The number of likely N-dealkylation sites (N-methyl/N-ethyl adjacent to an activating group) is 1. The van der Waals surface area contributed by atoms with Gasteiger partial charge in [0, 0.05) is 24.1 Å². The van der Waals surface area contributed by atoms with Crippen LogP contribution >= 0.6 is 0 Å². The molecule has 5 rings (SSSR count). The summed E-state index contributed by atoms with van der Waals surface area (Å²) in [5.74, 6) is 0.0328. The predicted molar refractivity (Wildman–Crippen MR) is 146 cm³/mol. The number of Topliss-reactive ketones (excluding diaryl/α,β-unsaturated/α-hetero) is 2. The van der Waals surface area contributed by atoms with Gasteiger partial charge in [0.25, 0.3) is 0 Å². The van der Waals surface area contributed by atoms with Crippen LogP contribution in [0.2, 0.25) is 0 Å². The lowest BCUT2D eigenvalue weighted by atomic mass is 9.89. The fraction of sp³-hybridized carbons (Fsp3) is 0.375. The van der Waals surface area contributed by atoms with Crippen molar-refractivity contribution in [1.82, 2.24) is 4.90 Å². The zero-order chi connectivity index (χ0) is 25.1. The molecule has 36 heavy (non-hydrogen) atoms. The molecule has 0 N–H and O–H groups in total. The van der Waals surface area contributed by atoms with Crippen LogP contribution in [-0.2, 0) is 6.42 Å². The van der Waals surface area contributed by atoms with Crippen LogP contribution in [0, 0.1) is 0 Å². The number of carbonyl (C=O) groups is 2. The van der Waals surface area contributed by atoms with E-state index in [0.717, 1.165) is 25.9 Å². The van der Waals surface area contributed by atoms with Crippen molar-refractivity contribution in [1.29, 1.82) is 0 Å². The van der Waals surface area contributed by atoms with E-state index < -0.39 is 0 Å². The summed E-state index contributed by atoms with van der Waals surface area (Å²) in [6.45, 7) is 4.53. The maximum atomic E-state index is 13.8. The van der Waals surface area contributed by atoms with Crippen molar-refractivity contribution in [3.63, 3.8) is 0 Å². The molecule has 1 atom stereocenters. The second-order valence-electron chi connectivity index (χ2n) is 10.6. The number of benzene rings is 3. The summed E-state index contributed by atoms with van der Waals surface area (Å²) in [7, 11) is 2.14. The van der Waals surface area contributed by atoms with Crippen LogP contribution < -0.4 is 0 Å². The van der Waals surface area contributed by atoms with Gasteiger partial charge in [-0.25, -0.2) is 0 Å². The third kappa shape index (κ3) is 4.62. The van der Waals surface area contributed by atoms with Gasteiger partial charge in [0.2, 0.25) is 17.3 Å². The second-order valence-corrected chi connectivity index (χ2v) is 10.6. The third-order valence-corrected chi connectivity index (χ3v) is 7.90. The topological polar surface area (TPSA) is 37.4 Å². The minimum Gasteiger partial charge on any atom is -0.316 e. The van der Waals surface area contributed by atoms with Crippen LogP contribution in [0.3, 0.4) is 0 Å². The van der Waals surface area contributed by atoms with E-state index in [9.17, 15) is 9.59 Å². The fourth-order valence-corrected chi connectivity index (χ4v) is 5.88. The van der Waals surface area contributed by atoms with Gasteiger partial charge in [0.05, 0.1) is 13.6 Å². The molecule has 0 saturated heterocycles. The highest BCUT2D eigenvalue weighted by Crippen LogP contribution is 2.39. The molecule has 0 bridgehead atoms. The third-order valence-electron chi connectivity index (χ3n) is 7.90. The van der Waals surface area contributed by atoms with Crippen molar-refractivity contribution in [2.24, 2.45) is 0 Å². The molecule has 0 spiro atoms. The monoisotopic (exact) mass is 481 g/mol. The van der Waals surface area contributed by atoms with Crippen LogP contribution in [0.4, 0.5) is 0 Å². The first-order chi connectivity index (χ1) is 17.5. The number of unbranched alkanes of at least 4 members (excludes halogenated alkanes) is 5. The average molecular weight is 482 g/mol. The molecule has 0 saturated carbocycles. The van der Waals surface area contributed by atoms with E-state index >= 15 is 0 Å². The van der Waals surface area contributed by atoms with E-state index in [-0.39, 0.29) is 11.6 Å². The van der Waals surface area contributed by atoms with Gasteiger partial charge in [-0.15, -0.1) is 0 Å². The first kappa shape index (κ1) is 24.5. The van der Waals surface area contributed by atoms with Gasteiger partial charge in [-0.05, 0) is 22.8 Å². The van der Waals surface area contributed by atoms with Crippen LogP contribution in [0.25, 0.3) is 10.8 Å². The number of rotatable bonds is 10. The van der Waals surface area contributed by atoms with Gasteiger partial charge in [-0.2, -0.15) is 0 Å². The minimum atomic E-state index is 0.0127. The molecule has 1 heterocycles. The Morgan fingerprint density at radius 1 is 0.778 bits per heavy atom. The molecule has 4 heteroatoms. The zero-order valence-electron chi connectivity index (χ0n) is 21.6. The summed E-state index contributed by atoms with van der Waals surface area (Å²) in [6.07, 6.45) is 8.10. The van der Waals surface area contributed by atoms with Gasteiger partial charge in [-0.1, -0.05) is 106 Å². The maximum Gasteiger partial charge on any atom is 0.249 e. The Labute approximate surface area is 214 Å². The van der Waals surface area contributed by atoms with E-state index in [1.54, 1.807) is 6.07 Å². The summed E-state index contributed by atoms with van der Waals surface area (Å²) < 4.78 is 0.483. The van der Waals surface area contributed by atoms with Crippen molar-refractivity contribution in [2.45, 2.75) is 51.9 Å². The molecule has 4 nitrogen and oxygen atoms in total. The molecule has 3 aromatic rings. The SMILES string of the molecule is CCCCCCCCN1C[N+](C)(CCc2ccc3ccccc3c2)C2=C1C(=O)c1ccccc1C2=O. The molecule has 0 fully saturated rings. The molecule has 2 aliphatic rings. The lowest BCUT2D eigenvalue weighted by Crippen LogP contribution is -2.47. The van der Waals surface area contributed by atoms with Crippen LogP contribution in [0.5, 0.6) is 0 Å². The van der Waals surface area contributed by atoms with E-state index in [2.05, 4.69) is 61.3 Å². The summed E-state index contributed by atoms with van der Waals surface area (Å²) in [5.41, 5.74) is 3.70. The van der Waals surface area contributed by atoms with E-state index in [1.165, 1.54) is 48.4 Å². The smallest absolute Gasteiger partial charge is 0.249 e. The lowest BCUT2D eigenvalue weighted by molar-refractivity contribution is -0.869. The van der Waals surface area contributed by atoms with Crippen LogP contribution in [0.1, 0.15) is 71.7 Å². The zero-order valence-corrected chi connectivity index (χ0v) is 21.6. The summed E-state index contributed by atoms with van der Waals surface area (Å²) in [6, 6.07) is 22.4. The standard InChI is InChI=1S/C32H37N2O2/c1-3-4-5-6-7-12-20-33-23-34(2,21-19-24-17-18-25-13-8-9-14-26(25)22-24)30-29(33)31(35)27-15-10-11-16-28(27)32(30)36/h8-11,13-18,22H,3-7,12,19-21,23H2,1-2H3/q+1.